The van der Waals surface area contributed by atoms with E-state index in [2.05, 4.69) is 5.32 Å². The number of carbonyl (C=O) groups excluding carboxylic acids is 1. The lowest BCUT2D eigenvalue weighted by atomic mass is 9.96. The maximum Gasteiger partial charge on any atom is 0.237 e. The monoisotopic (exact) mass is 216 g/mol. The third-order valence-corrected chi connectivity index (χ3v) is 3.00. The summed E-state index contributed by atoms with van der Waals surface area (Å²) in [7, 11) is 0. The highest BCUT2D eigenvalue weighted by atomic mass is 16.5. The average molecular weight is 216 g/mol. The Hall–Kier alpha value is -0.650. The molecule has 1 amide bonds. The van der Waals surface area contributed by atoms with Crippen LogP contribution in [0.5, 0.6) is 0 Å². The molecule has 3 atom stereocenters. The van der Waals surface area contributed by atoms with Crippen molar-refractivity contribution < 1.29 is 14.6 Å². The third kappa shape index (κ3) is 2.90. The lowest BCUT2D eigenvalue weighted by molar-refractivity contribution is -0.124. The van der Waals surface area contributed by atoms with Crippen LogP contribution in [0.25, 0.3) is 0 Å². The van der Waals surface area contributed by atoms with Crippen molar-refractivity contribution in [1.29, 1.82) is 0 Å². The van der Waals surface area contributed by atoms with E-state index in [1.54, 1.807) is 6.92 Å². The first-order chi connectivity index (χ1) is 6.99. The smallest absolute Gasteiger partial charge is 0.237 e. The Morgan fingerprint density at radius 2 is 2.47 bits per heavy atom. The van der Waals surface area contributed by atoms with E-state index in [1.807, 2.05) is 6.92 Å². The summed E-state index contributed by atoms with van der Waals surface area (Å²) < 4.78 is 5.25. The normalized spacial score (nSPS) is 32.7. The summed E-state index contributed by atoms with van der Waals surface area (Å²) in [5, 5.41) is 12.7. The molecule has 1 aliphatic heterocycles. The first kappa shape index (κ1) is 12.4. The van der Waals surface area contributed by atoms with Gasteiger partial charge < -0.3 is 20.9 Å². The molecule has 4 N–H and O–H groups in total. The van der Waals surface area contributed by atoms with Gasteiger partial charge in [-0.05, 0) is 13.3 Å². The third-order valence-electron chi connectivity index (χ3n) is 3.00. The van der Waals surface area contributed by atoms with Gasteiger partial charge in [-0.2, -0.15) is 0 Å². The number of aliphatic hydroxyl groups is 1. The number of nitrogens with one attached hydrogen (secondary N) is 1. The molecule has 0 bridgehead atoms. The van der Waals surface area contributed by atoms with Gasteiger partial charge in [0.1, 0.15) is 5.60 Å². The van der Waals surface area contributed by atoms with Crippen LogP contribution >= 0.6 is 0 Å². The van der Waals surface area contributed by atoms with Gasteiger partial charge >= 0.3 is 0 Å². The van der Waals surface area contributed by atoms with E-state index < -0.39 is 11.6 Å². The Kier molecular flexibility index (Phi) is 4.07. The number of carbonyl (C=O) groups is 1. The van der Waals surface area contributed by atoms with Gasteiger partial charge in [0.2, 0.25) is 5.91 Å². The highest BCUT2D eigenvalue weighted by Gasteiger charge is 2.39. The zero-order valence-corrected chi connectivity index (χ0v) is 9.32. The van der Waals surface area contributed by atoms with Crippen molar-refractivity contribution in [3.63, 3.8) is 0 Å². The summed E-state index contributed by atoms with van der Waals surface area (Å²) in [6.45, 7) is 4.40. The molecule has 0 aromatic heterocycles. The molecular weight excluding hydrogens is 196 g/mol. The van der Waals surface area contributed by atoms with E-state index >= 15 is 0 Å². The quantitative estimate of drug-likeness (QED) is 0.584. The summed E-state index contributed by atoms with van der Waals surface area (Å²) >= 11 is 0. The molecule has 5 nitrogen and oxygen atoms in total. The van der Waals surface area contributed by atoms with Crippen molar-refractivity contribution in [2.45, 2.75) is 44.4 Å². The molecule has 1 fully saturated rings. The van der Waals surface area contributed by atoms with Crippen molar-refractivity contribution in [3.8, 4) is 0 Å². The van der Waals surface area contributed by atoms with E-state index in [9.17, 15) is 9.90 Å². The van der Waals surface area contributed by atoms with E-state index in [1.165, 1.54) is 0 Å². The standard InChI is InChI=1S/C10H20N2O3/c1-3-8(11)9(13)12-6-10(14)4-5-15-7(10)2/h7-8,14H,3-6,11H2,1-2H3,(H,12,13)/t7?,8-,10?/m0/s1. The second-order valence-corrected chi connectivity index (χ2v) is 4.10. The van der Waals surface area contributed by atoms with E-state index in [0.717, 1.165) is 0 Å². The Balaban J connectivity index is 2.39. The van der Waals surface area contributed by atoms with Gasteiger partial charge in [0.25, 0.3) is 0 Å². The maximum atomic E-state index is 11.4. The number of rotatable bonds is 4. The summed E-state index contributed by atoms with van der Waals surface area (Å²) in [6, 6.07) is -0.494. The van der Waals surface area contributed by atoms with Gasteiger partial charge in [0.15, 0.2) is 0 Å². The van der Waals surface area contributed by atoms with Gasteiger partial charge in [0, 0.05) is 19.6 Å². The van der Waals surface area contributed by atoms with Crippen LogP contribution in [0.4, 0.5) is 0 Å². The molecular formula is C10H20N2O3. The Morgan fingerprint density at radius 1 is 1.80 bits per heavy atom. The summed E-state index contributed by atoms with van der Waals surface area (Å²) in [5.74, 6) is -0.218. The van der Waals surface area contributed by atoms with Crippen LogP contribution in [0.15, 0.2) is 0 Å². The van der Waals surface area contributed by atoms with Gasteiger partial charge in [0.05, 0.1) is 12.1 Å². The Morgan fingerprint density at radius 3 is 2.93 bits per heavy atom. The molecule has 1 rings (SSSR count). The van der Waals surface area contributed by atoms with Gasteiger partial charge in [-0.3, -0.25) is 4.79 Å². The lowest BCUT2D eigenvalue weighted by Crippen LogP contribution is -2.50. The molecule has 0 spiro atoms. The van der Waals surface area contributed by atoms with Crippen molar-refractivity contribution in [2.24, 2.45) is 5.73 Å². The highest BCUT2D eigenvalue weighted by Crippen LogP contribution is 2.24. The van der Waals surface area contributed by atoms with Crippen molar-refractivity contribution in [2.75, 3.05) is 13.2 Å². The average Bonchev–Trinajstić information content (AvgIpc) is 2.55. The minimum atomic E-state index is -0.941. The van der Waals surface area contributed by atoms with E-state index in [4.69, 9.17) is 10.5 Å². The van der Waals surface area contributed by atoms with Gasteiger partial charge in [-0.1, -0.05) is 6.92 Å². The van der Waals surface area contributed by atoms with E-state index in [-0.39, 0.29) is 18.6 Å². The van der Waals surface area contributed by atoms with Crippen molar-refractivity contribution in [3.05, 3.63) is 0 Å². The second-order valence-electron chi connectivity index (χ2n) is 4.10. The molecule has 2 unspecified atom stereocenters. The van der Waals surface area contributed by atoms with Crippen LogP contribution < -0.4 is 11.1 Å². The number of ether oxygens (including phenoxy) is 1. The predicted molar refractivity (Wildman–Crippen MR) is 56.3 cm³/mol. The van der Waals surface area contributed by atoms with E-state index in [0.29, 0.717) is 19.4 Å². The van der Waals surface area contributed by atoms with Crippen LogP contribution in [-0.4, -0.2) is 41.9 Å². The summed E-state index contributed by atoms with van der Waals surface area (Å²) in [4.78, 5) is 11.4. The molecule has 0 aromatic rings. The lowest BCUT2D eigenvalue weighted by Gasteiger charge is -2.26. The van der Waals surface area contributed by atoms with Crippen LogP contribution in [-0.2, 0) is 9.53 Å². The molecule has 0 aromatic carbocycles. The number of hydrogen-bond acceptors (Lipinski definition) is 4. The number of nitrogens with two attached hydrogens (primary N) is 1. The fourth-order valence-electron chi connectivity index (χ4n) is 1.56. The molecule has 0 aliphatic carbocycles. The molecule has 1 saturated heterocycles. The molecule has 88 valence electrons. The molecule has 1 heterocycles. The zero-order chi connectivity index (χ0) is 11.5. The predicted octanol–water partition coefficient (Wildman–Crippen LogP) is -0.620. The SMILES string of the molecule is CC[C@H](N)C(=O)NCC1(O)CCOC1C. The first-order valence-corrected chi connectivity index (χ1v) is 5.37. The number of amides is 1. The first-order valence-electron chi connectivity index (χ1n) is 5.37. The second kappa shape index (κ2) is 4.92. The fourth-order valence-corrected chi connectivity index (χ4v) is 1.56. The molecule has 0 radical (unpaired) electrons. The summed E-state index contributed by atoms with van der Waals surface area (Å²) in [5.41, 5.74) is 4.61. The molecule has 15 heavy (non-hydrogen) atoms. The minimum Gasteiger partial charge on any atom is -0.385 e. The van der Waals surface area contributed by atoms with Crippen molar-refractivity contribution >= 4 is 5.91 Å². The molecule has 1 aliphatic rings. The Labute approximate surface area is 90.0 Å². The van der Waals surface area contributed by atoms with Gasteiger partial charge in [-0.15, -0.1) is 0 Å². The minimum absolute atomic E-state index is 0.209. The van der Waals surface area contributed by atoms with Crippen LogP contribution in [0.1, 0.15) is 26.7 Å². The van der Waals surface area contributed by atoms with Crippen molar-refractivity contribution in [1.82, 2.24) is 5.32 Å². The Bertz CT molecular complexity index is 235. The fraction of sp³-hybridized carbons (Fsp3) is 0.900. The topological polar surface area (TPSA) is 84.6 Å². The molecule has 5 heteroatoms. The molecule has 0 saturated carbocycles. The maximum absolute atomic E-state index is 11.4. The van der Waals surface area contributed by atoms with Crippen LogP contribution in [0.3, 0.4) is 0 Å². The van der Waals surface area contributed by atoms with Crippen LogP contribution in [0.2, 0.25) is 0 Å². The number of hydrogen-bond donors (Lipinski definition) is 3. The summed E-state index contributed by atoms with van der Waals surface area (Å²) in [6.07, 6.45) is 0.905. The zero-order valence-electron chi connectivity index (χ0n) is 9.32. The van der Waals surface area contributed by atoms with Gasteiger partial charge in [-0.25, -0.2) is 0 Å². The largest absolute Gasteiger partial charge is 0.385 e. The van der Waals surface area contributed by atoms with Crippen LogP contribution in [0, 0.1) is 0 Å². The highest BCUT2D eigenvalue weighted by molar-refractivity contribution is 5.81.